The first-order valence-electron chi connectivity index (χ1n) is 20.8. The third-order valence-electron chi connectivity index (χ3n) is 8.78. The van der Waals surface area contributed by atoms with Gasteiger partial charge in [0.05, 0.1) is 39.9 Å². The maximum absolute atomic E-state index is 12.8. The molecule has 0 aliphatic carbocycles. The molecule has 0 bridgehead atoms. The summed E-state index contributed by atoms with van der Waals surface area (Å²) >= 11 is 0. The number of allylic oxidation sites excluding steroid dienone is 9. The van der Waals surface area contributed by atoms with E-state index in [2.05, 4.69) is 60.8 Å². The summed E-state index contributed by atoms with van der Waals surface area (Å²) in [5, 5.41) is 22.5. The van der Waals surface area contributed by atoms with Crippen molar-refractivity contribution in [2.24, 2.45) is 0 Å². The van der Waals surface area contributed by atoms with Crippen molar-refractivity contribution in [2.75, 3.05) is 47.5 Å². The number of aliphatic hydroxyl groups is 2. The van der Waals surface area contributed by atoms with Crippen molar-refractivity contribution >= 4 is 13.7 Å². The maximum atomic E-state index is 12.8. The number of unbranched alkanes of at least 4 members (excludes halogenated alkanes) is 15. The highest BCUT2D eigenvalue weighted by Crippen LogP contribution is 2.38. The van der Waals surface area contributed by atoms with E-state index in [0.717, 1.165) is 70.6 Å². The number of rotatable bonds is 37. The molecule has 0 aromatic rings. The fourth-order valence-corrected chi connectivity index (χ4v) is 6.14. The van der Waals surface area contributed by atoms with E-state index < -0.39 is 26.6 Å². The number of amides is 1. The molecule has 1 amide bonds. The summed E-state index contributed by atoms with van der Waals surface area (Å²) < 4.78 is 23.1. The maximum Gasteiger partial charge on any atom is 0.268 e. The number of hydrogen-bond acceptors (Lipinski definition) is 7. The number of phosphoric acid groups is 1. The average Bonchev–Trinajstić information content (AvgIpc) is 3.10. The molecule has 0 aliphatic rings. The summed E-state index contributed by atoms with van der Waals surface area (Å²) in [6.45, 7) is 2.58. The molecule has 9 nitrogen and oxygen atoms in total. The van der Waals surface area contributed by atoms with E-state index in [4.69, 9.17) is 14.2 Å². The Labute approximate surface area is 324 Å². The van der Waals surface area contributed by atoms with Crippen LogP contribution in [0.2, 0.25) is 0 Å². The smallest absolute Gasteiger partial charge is 0.268 e. The van der Waals surface area contributed by atoms with Gasteiger partial charge in [0.1, 0.15) is 13.2 Å². The number of aliphatic hydroxyl groups excluding tert-OH is 2. The molecule has 0 rings (SSSR count). The lowest BCUT2D eigenvalue weighted by Gasteiger charge is -2.29. The van der Waals surface area contributed by atoms with Gasteiger partial charge in [-0.1, -0.05) is 138 Å². The lowest BCUT2D eigenvalue weighted by Crippen LogP contribution is -2.45. The number of nitrogens with zero attached hydrogens (tertiary/aromatic N) is 1. The zero-order chi connectivity index (χ0) is 39.3. The average molecular weight is 767 g/mol. The first kappa shape index (κ1) is 51.2. The second-order valence-corrected chi connectivity index (χ2v) is 16.5. The summed E-state index contributed by atoms with van der Waals surface area (Å²) in [4.78, 5) is 25.2. The predicted molar refractivity (Wildman–Crippen MR) is 220 cm³/mol. The Morgan fingerprint density at radius 1 is 0.698 bits per heavy atom. The highest BCUT2D eigenvalue weighted by molar-refractivity contribution is 7.45. The molecule has 10 heteroatoms. The molecule has 308 valence electrons. The number of phosphoric ester groups is 1. The molecular weight excluding hydrogens is 687 g/mol. The summed E-state index contributed by atoms with van der Waals surface area (Å²) in [6, 6.07) is -0.923. The van der Waals surface area contributed by atoms with Crippen LogP contribution in [-0.4, -0.2) is 80.3 Å². The largest absolute Gasteiger partial charge is 0.756 e. The third-order valence-corrected chi connectivity index (χ3v) is 9.74. The van der Waals surface area contributed by atoms with Crippen molar-refractivity contribution in [3.05, 3.63) is 60.8 Å². The molecule has 3 N–H and O–H groups in total. The molecule has 0 saturated carbocycles. The van der Waals surface area contributed by atoms with Crippen molar-refractivity contribution in [2.45, 2.75) is 160 Å². The number of carbonyl (C=O) groups is 1. The number of quaternary nitrogens is 1. The zero-order valence-corrected chi connectivity index (χ0v) is 35.0. The third kappa shape index (κ3) is 38.2. The molecule has 0 fully saturated rings. The van der Waals surface area contributed by atoms with E-state index in [9.17, 15) is 19.4 Å². The van der Waals surface area contributed by atoms with Crippen LogP contribution in [0.1, 0.15) is 148 Å². The van der Waals surface area contributed by atoms with Gasteiger partial charge in [-0.3, -0.25) is 9.36 Å². The second-order valence-electron chi connectivity index (χ2n) is 15.1. The minimum Gasteiger partial charge on any atom is -0.756 e. The lowest BCUT2D eigenvalue weighted by molar-refractivity contribution is -0.870. The molecule has 0 aliphatic heterocycles. The Hall–Kier alpha value is -1.84. The number of nitrogens with one attached hydrogen (secondary N) is 1. The Kier molecular flexibility index (Phi) is 34.6. The van der Waals surface area contributed by atoms with Crippen molar-refractivity contribution < 1.29 is 38.0 Å². The van der Waals surface area contributed by atoms with Gasteiger partial charge in [0, 0.05) is 13.0 Å². The Morgan fingerprint density at radius 3 is 1.70 bits per heavy atom. The summed E-state index contributed by atoms with van der Waals surface area (Å²) in [5.74, 6) is -0.264. The van der Waals surface area contributed by atoms with Crippen molar-refractivity contribution in [3.63, 3.8) is 0 Å². The SMILES string of the molecule is CCCCCCCCCCCCC/C=C/[C@@H](O)[C@H](COP(=O)([O-])OCC[N+](C)(C)C)NC(=O)CCC/C=C\C/C=C\C/C=C\C/C=C\CCCCCO. The fourth-order valence-electron chi connectivity index (χ4n) is 5.42. The fraction of sp³-hybridized carbons (Fsp3) is 0.744. The minimum atomic E-state index is -4.61. The first-order chi connectivity index (χ1) is 25.5. The number of carbonyl (C=O) groups excluding carboxylic acids is 1. The van der Waals surface area contributed by atoms with Crippen LogP contribution in [0.3, 0.4) is 0 Å². The highest BCUT2D eigenvalue weighted by atomic mass is 31.2. The quantitative estimate of drug-likeness (QED) is 0.0249. The molecule has 0 radical (unpaired) electrons. The first-order valence-corrected chi connectivity index (χ1v) is 22.2. The summed E-state index contributed by atoms with van der Waals surface area (Å²) in [5.41, 5.74) is 0. The number of hydrogen-bond donors (Lipinski definition) is 3. The molecule has 0 aromatic heterocycles. The van der Waals surface area contributed by atoms with Gasteiger partial charge in [-0.25, -0.2) is 0 Å². The molecule has 1 unspecified atom stereocenters. The normalized spacial score (nSPS) is 15.1. The van der Waals surface area contributed by atoms with Crippen LogP contribution in [0.25, 0.3) is 0 Å². The molecule has 0 spiro atoms. The van der Waals surface area contributed by atoms with Gasteiger partial charge < -0.3 is 34.0 Å². The Morgan fingerprint density at radius 2 is 1.17 bits per heavy atom. The second kappa shape index (κ2) is 35.8. The van der Waals surface area contributed by atoms with Gasteiger partial charge in [0.2, 0.25) is 5.91 Å². The minimum absolute atomic E-state index is 0.0187. The summed E-state index contributed by atoms with van der Waals surface area (Å²) in [7, 11) is 1.20. The van der Waals surface area contributed by atoms with Crippen LogP contribution < -0.4 is 10.2 Å². The topological polar surface area (TPSA) is 128 Å². The van der Waals surface area contributed by atoms with E-state index in [1.54, 1.807) is 6.08 Å². The van der Waals surface area contributed by atoms with Gasteiger partial charge >= 0.3 is 0 Å². The van der Waals surface area contributed by atoms with Crippen LogP contribution in [-0.2, 0) is 18.4 Å². The van der Waals surface area contributed by atoms with E-state index in [1.165, 1.54) is 57.8 Å². The van der Waals surface area contributed by atoms with Crippen LogP contribution in [0, 0.1) is 0 Å². The van der Waals surface area contributed by atoms with Crippen molar-refractivity contribution in [1.82, 2.24) is 5.32 Å². The van der Waals surface area contributed by atoms with E-state index in [-0.39, 0.29) is 25.5 Å². The molecule has 0 saturated heterocycles. The molecule has 0 heterocycles. The van der Waals surface area contributed by atoms with Gasteiger partial charge in [0.25, 0.3) is 7.82 Å². The van der Waals surface area contributed by atoms with Gasteiger partial charge in [0.15, 0.2) is 0 Å². The Balaban J connectivity index is 4.59. The van der Waals surface area contributed by atoms with E-state index in [1.807, 2.05) is 27.2 Å². The molecule has 53 heavy (non-hydrogen) atoms. The van der Waals surface area contributed by atoms with Crippen molar-refractivity contribution in [1.29, 1.82) is 0 Å². The summed E-state index contributed by atoms with van der Waals surface area (Å²) in [6.07, 6.45) is 42.8. The highest BCUT2D eigenvalue weighted by Gasteiger charge is 2.23. The monoisotopic (exact) mass is 767 g/mol. The van der Waals surface area contributed by atoms with Crippen LogP contribution in [0.5, 0.6) is 0 Å². The van der Waals surface area contributed by atoms with Crippen LogP contribution >= 0.6 is 7.82 Å². The van der Waals surface area contributed by atoms with Crippen molar-refractivity contribution in [3.8, 4) is 0 Å². The molecule has 3 atom stereocenters. The lowest BCUT2D eigenvalue weighted by atomic mass is 10.0. The zero-order valence-electron chi connectivity index (χ0n) is 34.1. The van der Waals surface area contributed by atoms with E-state index >= 15 is 0 Å². The number of likely N-dealkylation sites (N-methyl/N-ethyl adjacent to an activating group) is 1. The molecule has 0 aromatic carbocycles. The van der Waals surface area contributed by atoms with Gasteiger partial charge in [-0.15, -0.1) is 0 Å². The van der Waals surface area contributed by atoms with Gasteiger partial charge in [-0.05, 0) is 64.2 Å². The van der Waals surface area contributed by atoms with Crippen LogP contribution in [0.4, 0.5) is 0 Å². The van der Waals surface area contributed by atoms with E-state index in [0.29, 0.717) is 17.4 Å². The molecular formula is C43H79N2O7P. The standard InChI is InChI=1S/C43H79N2O7P/c1-5-6-7-8-9-10-11-17-20-23-26-29-32-35-42(47)41(40-52-53(49,50)51-39-37-45(2,3)4)44-43(48)36-33-30-27-24-21-18-15-13-12-14-16-19-22-25-28-31-34-38-46/h12,14-15,18-19,22,24,27,32,35,41-42,46-47H,5-11,13,16-17,20-21,23,25-26,28-31,33-34,36-40H2,1-4H3,(H-,44,48,49,50)/b14-12-,18-15-,22-19-,27-24-,35-32+/t41-,42+/m0/s1. The van der Waals surface area contributed by atoms with Gasteiger partial charge in [-0.2, -0.15) is 0 Å². The predicted octanol–water partition coefficient (Wildman–Crippen LogP) is 9.42. The van der Waals surface area contributed by atoms with Crippen LogP contribution in [0.15, 0.2) is 60.8 Å². The Bertz CT molecular complexity index is 1050.